The molecule has 0 radical (unpaired) electrons. The largest absolute Gasteiger partial charge is 0.365 e. The molecule has 0 unspecified atom stereocenters. The maximum Gasteiger partial charge on any atom is 0.295 e. The molecule has 5 heteroatoms. The smallest absolute Gasteiger partial charge is 0.295 e. The van der Waals surface area contributed by atoms with Gasteiger partial charge >= 0.3 is 0 Å². The third-order valence-electron chi connectivity index (χ3n) is 4.18. The van der Waals surface area contributed by atoms with E-state index < -0.39 is 5.37 Å². The fourth-order valence-electron chi connectivity index (χ4n) is 2.99. The molecule has 0 saturated carbocycles. The molecule has 25 heavy (non-hydrogen) atoms. The van der Waals surface area contributed by atoms with Crippen LogP contribution in [0.5, 0.6) is 0 Å². The zero-order valence-electron chi connectivity index (χ0n) is 13.6. The number of imide groups is 1. The number of nitrogens with zero attached hydrogens (tertiary/aromatic N) is 1. The molecule has 4 nitrogen and oxygen atoms in total. The number of hydrogen-bond donors (Lipinski definition) is 1. The van der Waals surface area contributed by atoms with Gasteiger partial charge in [0.2, 0.25) is 0 Å². The number of anilines is 2. The van der Waals surface area contributed by atoms with Gasteiger partial charge in [0.25, 0.3) is 11.1 Å². The molecule has 0 bridgehead atoms. The van der Waals surface area contributed by atoms with Gasteiger partial charge in [-0.15, -0.1) is 0 Å². The van der Waals surface area contributed by atoms with Crippen molar-refractivity contribution in [2.45, 2.75) is 12.3 Å². The van der Waals surface area contributed by atoms with E-state index >= 15 is 0 Å². The van der Waals surface area contributed by atoms with Crippen LogP contribution in [0.1, 0.15) is 5.56 Å². The molecule has 1 N–H and O–H groups in total. The highest BCUT2D eigenvalue weighted by molar-refractivity contribution is 8.16. The number of hydrogen-bond acceptors (Lipinski definition) is 4. The molecule has 4 rings (SSSR count). The van der Waals surface area contributed by atoms with Crippen LogP contribution in [0.15, 0.2) is 66.7 Å². The van der Waals surface area contributed by atoms with Crippen molar-refractivity contribution < 1.29 is 9.59 Å². The number of rotatable bonds is 3. The second-order valence-corrected chi connectivity index (χ2v) is 7.00. The first-order chi connectivity index (χ1) is 12.1. The molecule has 2 amide bonds. The topological polar surface area (TPSA) is 49.4 Å². The van der Waals surface area contributed by atoms with Crippen molar-refractivity contribution in [3.8, 4) is 0 Å². The average Bonchev–Trinajstić information content (AvgIpc) is 2.89. The maximum atomic E-state index is 12.8. The van der Waals surface area contributed by atoms with Crippen LogP contribution in [0.25, 0.3) is 10.8 Å². The third kappa shape index (κ3) is 2.87. The van der Waals surface area contributed by atoms with Gasteiger partial charge in [-0.1, -0.05) is 48.5 Å². The molecule has 0 spiro atoms. The molecular formula is C20H16N2O2S. The predicted molar refractivity (Wildman–Crippen MR) is 103 cm³/mol. The van der Waals surface area contributed by atoms with E-state index in [2.05, 4.69) is 5.32 Å². The van der Waals surface area contributed by atoms with Crippen molar-refractivity contribution in [1.82, 2.24) is 0 Å². The molecular weight excluding hydrogens is 332 g/mol. The summed E-state index contributed by atoms with van der Waals surface area (Å²) in [6, 6.07) is 21.3. The summed E-state index contributed by atoms with van der Waals surface area (Å²) in [6.45, 7) is 1.94. The lowest BCUT2D eigenvalue weighted by Crippen LogP contribution is -2.34. The summed E-state index contributed by atoms with van der Waals surface area (Å²) in [7, 11) is 0. The highest BCUT2D eigenvalue weighted by Crippen LogP contribution is 2.34. The Kier molecular flexibility index (Phi) is 3.93. The van der Waals surface area contributed by atoms with Crippen molar-refractivity contribution in [1.29, 1.82) is 0 Å². The van der Waals surface area contributed by atoms with Crippen molar-refractivity contribution in [2.24, 2.45) is 0 Å². The molecule has 0 aliphatic carbocycles. The summed E-state index contributed by atoms with van der Waals surface area (Å²) in [5.74, 6) is -0.242. The van der Waals surface area contributed by atoms with E-state index in [4.69, 9.17) is 0 Å². The standard InChI is InChI=1S/C20H16N2O2S/c1-13-6-4-9-15(12-13)22-19(23)18(25-20(22)24)21-17-11-5-8-14-7-2-3-10-16(14)17/h2-12,18,21H,1H3/t18-/m1/s1. The minimum absolute atomic E-state index is 0.242. The Morgan fingerprint density at radius 2 is 1.72 bits per heavy atom. The first-order valence-electron chi connectivity index (χ1n) is 7.99. The molecule has 3 aromatic rings. The van der Waals surface area contributed by atoms with E-state index in [-0.39, 0.29) is 11.1 Å². The van der Waals surface area contributed by atoms with E-state index in [1.165, 1.54) is 4.90 Å². The Morgan fingerprint density at radius 1 is 0.960 bits per heavy atom. The van der Waals surface area contributed by atoms with E-state index in [1.54, 1.807) is 6.07 Å². The summed E-state index contributed by atoms with van der Waals surface area (Å²) in [5.41, 5.74) is 2.47. The summed E-state index contributed by atoms with van der Waals surface area (Å²) >= 11 is 1.01. The number of carbonyl (C=O) groups is 2. The van der Waals surface area contributed by atoms with Gasteiger partial charge in [0.05, 0.1) is 5.69 Å². The molecule has 0 aromatic heterocycles. The average molecular weight is 348 g/mol. The van der Waals surface area contributed by atoms with Crippen LogP contribution in [0, 0.1) is 6.92 Å². The molecule has 1 atom stereocenters. The highest BCUT2D eigenvalue weighted by atomic mass is 32.2. The van der Waals surface area contributed by atoms with Crippen LogP contribution in [0.2, 0.25) is 0 Å². The Bertz CT molecular complexity index is 981. The van der Waals surface area contributed by atoms with E-state index in [0.29, 0.717) is 5.69 Å². The number of amides is 2. The Hall–Kier alpha value is -2.79. The van der Waals surface area contributed by atoms with Crippen LogP contribution < -0.4 is 10.2 Å². The normalized spacial score (nSPS) is 17.3. The lowest BCUT2D eigenvalue weighted by atomic mass is 10.1. The van der Waals surface area contributed by atoms with Crippen molar-refractivity contribution in [3.63, 3.8) is 0 Å². The van der Waals surface area contributed by atoms with E-state index in [0.717, 1.165) is 33.8 Å². The fourth-order valence-corrected chi connectivity index (χ4v) is 3.89. The van der Waals surface area contributed by atoms with Crippen LogP contribution in [0.3, 0.4) is 0 Å². The molecule has 1 heterocycles. The summed E-state index contributed by atoms with van der Waals surface area (Å²) < 4.78 is 0. The Labute approximate surface area is 149 Å². The quantitative estimate of drug-likeness (QED) is 0.739. The molecule has 1 saturated heterocycles. The van der Waals surface area contributed by atoms with E-state index in [9.17, 15) is 9.59 Å². The van der Waals surface area contributed by atoms with Gasteiger partial charge in [0, 0.05) is 11.1 Å². The zero-order valence-corrected chi connectivity index (χ0v) is 14.4. The summed E-state index contributed by atoms with van der Waals surface area (Å²) in [5, 5.41) is 4.46. The number of nitrogens with one attached hydrogen (secondary N) is 1. The minimum atomic E-state index is -0.626. The lowest BCUT2D eigenvalue weighted by Gasteiger charge is -2.16. The third-order valence-corrected chi connectivity index (χ3v) is 5.12. The molecule has 1 aliphatic heterocycles. The van der Waals surface area contributed by atoms with Gasteiger partial charge in [-0.3, -0.25) is 9.59 Å². The van der Waals surface area contributed by atoms with Crippen molar-refractivity contribution in [3.05, 3.63) is 72.3 Å². The second kappa shape index (κ2) is 6.26. The van der Waals surface area contributed by atoms with Gasteiger partial charge in [-0.2, -0.15) is 0 Å². The molecule has 124 valence electrons. The van der Waals surface area contributed by atoms with Gasteiger partial charge in [0.1, 0.15) is 0 Å². The lowest BCUT2D eigenvalue weighted by molar-refractivity contribution is -0.116. The number of fused-ring (bicyclic) bond motifs is 1. The second-order valence-electron chi connectivity index (χ2n) is 5.95. The van der Waals surface area contributed by atoms with Crippen LogP contribution in [-0.2, 0) is 4.79 Å². The van der Waals surface area contributed by atoms with Crippen LogP contribution in [0.4, 0.5) is 16.2 Å². The van der Waals surface area contributed by atoms with Gasteiger partial charge in [0.15, 0.2) is 5.37 Å². The van der Waals surface area contributed by atoms with Crippen LogP contribution in [-0.4, -0.2) is 16.5 Å². The number of carbonyl (C=O) groups excluding carboxylic acids is 2. The predicted octanol–water partition coefficient (Wildman–Crippen LogP) is 4.79. The molecule has 1 fully saturated rings. The number of thioether (sulfide) groups is 1. The highest BCUT2D eigenvalue weighted by Gasteiger charge is 2.40. The van der Waals surface area contributed by atoms with Gasteiger partial charge in [-0.05, 0) is 47.8 Å². The Morgan fingerprint density at radius 3 is 2.56 bits per heavy atom. The fraction of sp³-hybridized carbons (Fsp3) is 0.100. The molecule has 1 aliphatic rings. The summed E-state index contributed by atoms with van der Waals surface area (Å²) in [4.78, 5) is 26.4. The number of benzene rings is 3. The van der Waals surface area contributed by atoms with Crippen molar-refractivity contribution in [2.75, 3.05) is 10.2 Å². The maximum absolute atomic E-state index is 12.8. The SMILES string of the molecule is Cc1cccc(N2C(=O)S[C@@H](Nc3cccc4ccccc34)C2=O)c1. The Balaban J connectivity index is 1.64. The summed E-state index contributed by atoms with van der Waals surface area (Å²) in [6.07, 6.45) is 0. The van der Waals surface area contributed by atoms with Crippen molar-refractivity contribution >= 4 is 45.1 Å². The first kappa shape index (κ1) is 15.7. The van der Waals surface area contributed by atoms with Crippen LogP contribution >= 0.6 is 11.8 Å². The monoisotopic (exact) mass is 348 g/mol. The minimum Gasteiger partial charge on any atom is -0.365 e. The number of aryl methyl sites for hydroxylation is 1. The van der Waals surface area contributed by atoms with Gasteiger partial charge in [-0.25, -0.2) is 4.90 Å². The first-order valence-corrected chi connectivity index (χ1v) is 8.87. The van der Waals surface area contributed by atoms with Gasteiger partial charge < -0.3 is 5.32 Å². The van der Waals surface area contributed by atoms with E-state index in [1.807, 2.05) is 67.6 Å². The molecule has 3 aromatic carbocycles. The zero-order chi connectivity index (χ0) is 17.4.